The van der Waals surface area contributed by atoms with Crippen molar-refractivity contribution in [2.45, 2.75) is 58.7 Å². The Balaban J connectivity index is 2.56. The molecule has 13 heavy (non-hydrogen) atoms. The predicted molar refractivity (Wildman–Crippen MR) is 60.2 cm³/mol. The Bertz CT molecular complexity index is 193. The van der Waals surface area contributed by atoms with Gasteiger partial charge in [0.25, 0.3) is 0 Å². The fourth-order valence-corrected chi connectivity index (χ4v) is 2.92. The zero-order valence-corrected chi connectivity index (χ0v) is 10.4. The lowest BCUT2D eigenvalue weighted by Crippen LogP contribution is -2.24. The van der Waals surface area contributed by atoms with Gasteiger partial charge in [-0.1, -0.05) is 6.42 Å². The zero-order valence-electron chi connectivity index (χ0n) is 9.44. The molecule has 0 aromatic rings. The summed E-state index contributed by atoms with van der Waals surface area (Å²) < 4.78 is 6.00. The minimum absolute atomic E-state index is 1.24. The molecule has 76 valence electrons. The molecular formula is C11H22OSi. The first kappa shape index (κ1) is 10.8. The lowest BCUT2D eigenvalue weighted by atomic mass is 9.94. The van der Waals surface area contributed by atoms with Gasteiger partial charge in [0.15, 0.2) is 0 Å². The van der Waals surface area contributed by atoms with Crippen LogP contribution in [0.5, 0.6) is 0 Å². The molecule has 0 atom stereocenters. The van der Waals surface area contributed by atoms with Crippen molar-refractivity contribution in [2.24, 2.45) is 0 Å². The van der Waals surface area contributed by atoms with Crippen LogP contribution >= 0.6 is 0 Å². The maximum Gasteiger partial charge on any atom is 0.241 e. The first-order chi connectivity index (χ1) is 5.99. The minimum Gasteiger partial charge on any atom is -0.548 e. The fourth-order valence-electron chi connectivity index (χ4n) is 1.86. The van der Waals surface area contributed by atoms with E-state index in [0.717, 1.165) is 0 Å². The second-order valence-corrected chi connectivity index (χ2v) is 9.36. The van der Waals surface area contributed by atoms with Crippen LogP contribution in [0.2, 0.25) is 19.6 Å². The molecule has 1 aliphatic carbocycles. The van der Waals surface area contributed by atoms with Gasteiger partial charge in [0.2, 0.25) is 8.32 Å². The number of rotatable bonds is 2. The highest BCUT2D eigenvalue weighted by molar-refractivity contribution is 6.70. The molecule has 0 amide bonds. The second-order valence-electron chi connectivity index (χ2n) is 4.93. The molecule has 1 nitrogen and oxygen atoms in total. The van der Waals surface area contributed by atoms with Crippen LogP contribution in [0.4, 0.5) is 0 Å². The van der Waals surface area contributed by atoms with E-state index >= 15 is 0 Å². The molecular weight excluding hydrogens is 176 g/mol. The smallest absolute Gasteiger partial charge is 0.241 e. The Hall–Kier alpha value is -0.243. The van der Waals surface area contributed by atoms with Crippen LogP contribution in [0.25, 0.3) is 0 Å². The SMILES string of the molecule is CC(O[Si](C)(C)C)=C1CCCCC1. The highest BCUT2D eigenvalue weighted by Crippen LogP contribution is 2.27. The molecule has 0 heterocycles. The molecule has 0 radical (unpaired) electrons. The number of hydrogen-bond donors (Lipinski definition) is 0. The molecule has 0 bridgehead atoms. The lowest BCUT2D eigenvalue weighted by Gasteiger charge is -2.24. The molecule has 1 rings (SSSR count). The fraction of sp³-hybridized carbons (Fsp3) is 0.818. The van der Waals surface area contributed by atoms with Gasteiger partial charge in [0.1, 0.15) is 0 Å². The molecule has 0 saturated heterocycles. The third-order valence-electron chi connectivity index (χ3n) is 2.41. The number of allylic oxidation sites excluding steroid dienone is 2. The van der Waals surface area contributed by atoms with Crippen molar-refractivity contribution in [1.82, 2.24) is 0 Å². The summed E-state index contributed by atoms with van der Waals surface area (Å²) in [5.74, 6) is 1.24. The van der Waals surface area contributed by atoms with Gasteiger partial charge in [0.05, 0.1) is 5.76 Å². The van der Waals surface area contributed by atoms with E-state index in [1.807, 2.05) is 0 Å². The predicted octanol–water partition coefficient (Wildman–Crippen LogP) is 4.08. The monoisotopic (exact) mass is 198 g/mol. The van der Waals surface area contributed by atoms with Crippen LogP contribution in [-0.4, -0.2) is 8.32 Å². The van der Waals surface area contributed by atoms with E-state index < -0.39 is 8.32 Å². The molecule has 1 aliphatic rings. The summed E-state index contributed by atoms with van der Waals surface area (Å²) in [4.78, 5) is 0. The molecule has 0 aliphatic heterocycles. The van der Waals surface area contributed by atoms with Gasteiger partial charge >= 0.3 is 0 Å². The van der Waals surface area contributed by atoms with Gasteiger partial charge in [-0.25, -0.2) is 0 Å². The Morgan fingerprint density at radius 2 is 1.62 bits per heavy atom. The van der Waals surface area contributed by atoms with E-state index in [9.17, 15) is 0 Å². The highest BCUT2D eigenvalue weighted by Gasteiger charge is 2.18. The Labute approximate surface area is 83.3 Å². The van der Waals surface area contributed by atoms with Gasteiger partial charge in [-0.2, -0.15) is 0 Å². The minimum atomic E-state index is -1.36. The maximum atomic E-state index is 6.00. The Kier molecular flexibility index (Phi) is 3.60. The summed E-state index contributed by atoms with van der Waals surface area (Å²) in [6.45, 7) is 8.90. The lowest BCUT2D eigenvalue weighted by molar-refractivity contribution is 0.403. The van der Waals surface area contributed by atoms with E-state index in [4.69, 9.17) is 4.43 Å². The largest absolute Gasteiger partial charge is 0.548 e. The van der Waals surface area contributed by atoms with E-state index in [2.05, 4.69) is 26.6 Å². The molecule has 0 aromatic carbocycles. The van der Waals surface area contributed by atoms with E-state index in [0.29, 0.717) is 0 Å². The molecule has 0 aromatic heterocycles. The van der Waals surface area contributed by atoms with Gasteiger partial charge < -0.3 is 4.43 Å². The van der Waals surface area contributed by atoms with Gasteiger partial charge in [-0.15, -0.1) is 0 Å². The van der Waals surface area contributed by atoms with Crippen molar-refractivity contribution in [3.8, 4) is 0 Å². The summed E-state index contributed by atoms with van der Waals surface area (Å²) in [7, 11) is -1.36. The van der Waals surface area contributed by atoms with Crippen molar-refractivity contribution in [2.75, 3.05) is 0 Å². The Morgan fingerprint density at radius 1 is 1.08 bits per heavy atom. The summed E-state index contributed by atoms with van der Waals surface area (Å²) in [6, 6.07) is 0. The second kappa shape index (κ2) is 4.31. The van der Waals surface area contributed by atoms with Crippen LogP contribution in [0.3, 0.4) is 0 Å². The standard InChI is InChI=1S/C11H22OSi/c1-10(12-13(2,3)4)11-8-6-5-7-9-11/h5-9H2,1-4H3. The topological polar surface area (TPSA) is 9.23 Å². The molecule has 0 N–H and O–H groups in total. The summed E-state index contributed by atoms with van der Waals surface area (Å²) in [5, 5.41) is 0. The van der Waals surface area contributed by atoms with E-state index in [-0.39, 0.29) is 0 Å². The molecule has 1 saturated carbocycles. The average Bonchev–Trinajstić information content (AvgIpc) is 2.03. The third-order valence-corrected chi connectivity index (χ3v) is 3.33. The third kappa shape index (κ3) is 3.99. The normalized spacial score (nSPS) is 18.6. The summed E-state index contributed by atoms with van der Waals surface area (Å²) >= 11 is 0. The summed E-state index contributed by atoms with van der Waals surface area (Å²) in [5.41, 5.74) is 1.58. The maximum absolute atomic E-state index is 6.00. The molecule has 0 unspecified atom stereocenters. The molecule has 2 heteroatoms. The van der Waals surface area contributed by atoms with Gasteiger partial charge in [-0.3, -0.25) is 0 Å². The van der Waals surface area contributed by atoms with E-state index in [1.54, 1.807) is 5.57 Å². The van der Waals surface area contributed by atoms with Crippen LogP contribution in [-0.2, 0) is 4.43 Å². The first-order valence-corrected chi connectivity index (χ1v) is 8.77. The molecule has 0 spiro atoms. The quantitative estimate of drug-likeness (QED) is 0.480. The average molecular weight is 198 g/mol. The van der Waals surface area contributed by atoms with Gasteiger partial charge in [0, 0.05) is 0 Å². The zero-order chi connectivity index (χ0) is 9.90. The Morgan fingerprint density at radius 3 is 2.08 bits per heavy atom. The van der Waals surface area contributed by atoms with E-state index in [1.165, 1.54) is 37.9 Å². The summed E-state index contributed by atoms with van der Waals surface area (Å²) in [6.07, 6.45) is 6.68. The van der Waals surface area contributed by atoms with Crippen molar-refractivity contribution < 1.29 is 4.43 Å². The van der Waals surface area contributed by atoms with Gasteiger partial charge in [-0.05, 0) is 57.8 Å². The van der Waals surface area contributed by atoms with Crippen molar-refractivity contribution in [3.05, 3.63) is 11.3 Å². The van der Waals surface area contributed by atoms with Crippen molar-refractivity contribution in [3.63, 3.8) is 0 Å². The van der Waals surface area contributed by atoms with Crippen molar-refractivity contribution >= 4 is 8.32 Å². The highest BCUT2D eigenvalue weighted by atomic mass is 28.4. The molecule has 1 fully saturated rings. The van der Waals surface area contributed by atoms with Crippen molar-refractivity contribution in [1.29, 1.82) is 0 Å². The first-order valence-electron chi connectivity index (χ1n) is 5.37. The van der Waals surface area contributed by atoms with Crippen LogP contribution in [0.1, 0.15) is 39.0 Å². The van der Waals surface area contributed by atoms with Crippen LogP contribution < -0.4 is 0 Å². The van der Waals surface area contributed by atoms with Crippen LogP contribution in [0, 0.1) is 0 Å². The number of hydrogen-bond acceptors (Lipinski definition) is 1. The van der Waals surface area contributed by atoms with Crippen LogP contribution in [0.15, 0.2) is 11.3 Å².